The van der Waals surface area contributed by atoms with Crippen molar-refractivity contribution in [3.05, 3.63) is 29.2 Å². The Kier molecular flexibility index (Phi) is 3.91. The lowest BCUT2D eigenvalue weighted by atomic mass is 10.2. The fourth-order valence-corrected chi connectivity index (χ4v) is 4.17. The quantitative estimate of drug-likeness (QED) is 0.823. The molecule has 4 rings (SSSR count). The third-order valence-corrected chi connectivity index (χ3v) is 5.30. The Hall–Kier alpha value is -2.15. The molecule has 2 bridgehead atoms. The second-order valence-electron chi connectivity index (χ2n) is 7.60. The van der Waals surface area contributed by atoms with Gasteiger partial charge in [0.05, 0.1) is 30.2 Å². The van der Waals surface area contributed by atoms with Crippen LogP contribution in [0.15, 0.2) is 29.2 Å². The second-order valence-corrected chi connectivity index (χ2v) is 8.38. The van der Waals surface area contributed by atoms with Crippen LogP contribution in [0.3, 0.4) is 0 Å². The fourth-order valence-electron chi connectivity index (χ4n) is 3.52. The number of aromatic nitrogens is 2. The number of nitrogens with zero attached hydrogens (tertiary/aromatic N) is 4. The Balaban J connectivity index is 1.43. The first kappa shape index (κ1) is 16.3. The molecule has 0 aliphatic carbocycles. The van der Waals surface area contributed by atoms with Crippen molar-refractivity contribution >= 4 is 23.2 Å². The fraction of sp³-hybridized carbons (Fsp3) is 0.500. The monoisotopic (exact) mass is 358 g/mol. The molecular formula is C18H22N4O2S. The molecule has 2 aliphatic rings. The van der Waals surface area contributed by atoms with E-state index in [2.05, 4.69) is 20.2 Å². The first-order valence-corrected chi connectivity index (χ1v) is 9.46. The summed E-state index contributed by atoms with van der Waals surface area (Å²) in [6, 6.07) is 2.53. The van der Waals surface area contributed by atoms with Crippen LogP contribution in [0.5, 0.6) is 0 Å². The summed E-state index contributed by atoms with van der Waals surface area (Å²) >= 11 is 1.65. The Morgan fingerprint density at radius 2 is 2.08 bits per heavy atom. The molecule has 25 heavy (non-hydrogen) atoms. The number of anilines is 1. The molecular weight excluding hydrogens is 336 g/mol. The van der Waals surface area contributed by atoms with Gasteiger partial charge in [-0.2, -0.15) is 11.3 Å². The summed E-state index contributed by atoms with van der Waals surface area (Å²) in [4.78, 5) is 25.6. The number of hydrogen-bond acceptors (Lipinski definition) is 6. The Morgan fingerprint density at radius 3 is 2.64 bits per heavy atom. The number of carbonyl (C=O) groups is 1. The van der Waals surface area contributed by atoms with Gasteiger partial charge in [0.1, 0.15) is 11.4 Å². The summed E-state index contributed by atoms with van der Waals surface area (Å²) in [6.07, 6.45) is 4.42. The zero-order valence-corrected chi connectivity index (χ0v) is 15.5. The van der Waals surface area contributed by atoms with E-state index in [9.17, 15) is 4.79 Å². The number of amides is 1. The zero-order valence-electron chi connectivity index (χ0n) is 14.7. The number of hydrogen-bond donors (Lipinski definition) is 0. The highest BCUT2D eigenvalue weighted by molar-refractivity contribution is 7.08. The zero-order chi connectivity index (χ0) is 17.6. The molecule has 0 spiro atoms. The average molecular weight is 358 g/mol. The van der Waals surface area contributed by atoms with E-state index in [0.29, 0.717) is 12.6 Å². The smallest absolute Gasteiger partial charge is 0.410 e. The normalized spacial score (nSPS) is 22.5. The minimum Gasteiger partial charge on any atom is -0.444 e. The van der Waals surface area contributed by atoms with Crippen LogP contribution in [0.1, 0.15) is 27.2 Å². The Bertz CT molecular complexity index is 754. The van der Waals surface area contributed by atoms with Crippen molar-refractivity contribution in [3.63, 3.8) is 0 Å². The molecule has 2 aliphatic heterocycles. The van der Waals surface area contributed by atoms with E-state index in [4.69, 9.17) is 4.74 Å². The number of ether oxygens (including phenoxy) is 1. The molecule has 0 radical (unpaired) electrons. The number of likely N-dealkylation sites (tertiary alicyclic amines) is 1. The van der Waals surface area contributed by atoms with E-state index < -0.39 is 5.60 Å². The van der Waals surface area contributed by atoms with Crippen molar-refractivity contribution < 1.29 is 9.53 Å². The molecule has 132 valence electrons. The van der Waals surface area contributed by atoms with Crippen LogP contribution < -0.4 is 4.90 Å². The van der Waals surface area contributed by atoms with E-state index in [0.717, 1.165) is 30.0 Å². The van der Waals surface area contributed by atoms with Crippen LogP contribution >= 0.6 is 11.3 Å². The molecule has 2 aromatic heterocycles. The molecule has 2 saturated heterocycles. The molecule has 2 atom stereocenters. The molecule has 1 amide bonds. The highest BCUT2D eigenvalue weighted by Crippen LogP contribution is 2.34. The van der Waals surface area contributed by atoms with Crippen molar-refractivity contribution in [2.45, 2.75) is 44.9 Å². The van der Waals surface area contributed by atoms with Crippen molar-refractivity contribution in [2.75, 3.05) is 18.0 Å². The highest BCUT2D eigenvalue weighted by atomic mass is 32.1. The number of piperazine rings is 1. The number of carbonyl (C=O) groups excluding carboxylic acids is 1. The predicted molar refractivity (Wildman–Crippen MR) is 97.8 cm³/mol. The van der Waals surface area contributed by atoms with E-state index in [1.54, 1.807) is 11.3 Å². The first-order chi connectivity index (χ1) is 11.9. The van der Waals surface area contributed by atoms with Gasteiger partial charge in [-0.25, -0.2) is 9.78 Å². The van der Waals surface area contributed by atoms with Gasteiger partial charge in [-0.05, 0) is 38.6 Å². The molecule has 0 N–H and O–H groups in total. The van der Waals surface area contributed by atoms with Gasteiger partial charge in [-0.1, -0.05) is 0 Å². The number of thiophene rings is 1. The van der Waals surface area contributed by atoms with Crippen molar-refractivity contribution in [1.82, 2.24) is 14.9 Å². The lowest BCUT2D eigenvalue weighted by Gasteiger charge is -2.35. The minimum atomic E-state index is -0.457. The summed E-state index contributed by atoms with van der Waals surface area (Å²) in [6.45, 7) is 7.17. The summed E-state index contributed by atoms with van der Waals surface area (Å²) < 4.78 is 5.51. The summed E-state index contributed by atoms with van der Waals surface area (Å²) in [5.74, 6) is 0.885. The lowest BCUT2D eigenvalue weighted by molar-refractivity contribution is 0.0214. The van der Waals surface area contributed by atoms with Crippen LogP contribution in [-0.4, -0.2) is 51.7 Å². The lowest BCUT2D eigenvalue weighted by Crippen LogP contribution is -2.50. The van der Waals surface area contributed by atoms with Crippen molar-refractivity contribution in [3.8, 4) is 11.3 Å². The van der Waals surface area contributed by atoms with E-state index in [-0.39, 0.29) is 12.1 Å². The number of fused-ring (bicyclic) bond motifs is 2. The highest BCUT2D eigenvalue weighted by Gasteiger charge is 2.47. The van der Waals surface area contributed by atoms with Gasteiger partial charge < -0.3 is 14.5 Å². The molecule has 7 heteroatoms. The van der Waals surface area contributed by atoms with Crippen LogP contribution in [-0.2, 0) is 4.74 Å². The average Bonchev–Trinajstić information content (AvgIpc) is 3.29. The standard InChI is InChI=1S/C18H22N4O2S/c1-18(2,3)24-17(23)22-10-13-6-14(22)9-21(13)16-8-19-15(7-20-16)12-4-5-25-11-12/h4-5,7-8,11,13-14H,6,9-10H2,1-3H3/t13-,14-/m0/s1. The van der Waals surface area contributed by atoms with Crippen LogP contribution in [0.2, 0.25) is 0 Å². The first-order valence-electron chi connectivity index (χ1n) is 8.51. The number of rotatable bonds is 2. The van der Waals surface area contributed by atoms with Crippen LogP contribution in [0.25, 0.3) is 11.3 Å². The SMILES string of the molecule is CC(C)(C)OC(=O)N1C[C@@H]2C[C@H]1CN2c1cnc(-c2ccsc2)cn1. The van der Waals surface area contributed by atoms with Gasteiger partial charge in [0.15, 0.2) is 0 Å². The molecule has 2 fully saturated rings. The Labute approximate surface area is 151 Å². The third kappa shape index (κ3) is 3.20. The Morgan fingerprint density at radius 1 is 1.24 bits per heavy atom. The molecule has 0 aromatic carbocycles. The third-order valence-electron chi connectivity index (χ3n) is 4.62. The van der Waals surface area contributed by atoms with E-state index in [1.807, 2.05) is 49.5 Å². The van der Waals surface area contributed by atoms with Gasteiger partial charge >= 0.3 is 6.09 Å². The van der Waals surface area contributed by atoms with E-state index in [1.165, 1.54) is 0 Å². The van der Waals surface area contributed by atoms with Gasteiger partial charge in [0.2, 0.25) is 0 Å². The minimum absolute atomic E-state index is 0.193. The maximum atomic E-state index is 12.3. The largest absolute Gasteiger partial charge is 0.444 e. The molecule has 4 heterocycles. The van der Waals surface area contributed by atoms with Gasteiger partial charge in [0, 0.05) is 24.0 Å². The van der Waals surface area contributed by atoms with E-state index >= 15 is 0 Å². The van der Waals surface area contributed by atoms with Gasteiger partial charge in [-0.3, -0.25) is 4.98 Å². The van der Waals surface area contributed by atoms with Crippen LogP contribution in [0, 0.1) is 0 Å². The molecule has 0 unspecified atom stereocenters. The molecule has 6 nitrogen and oxygen atoms in total. The predicted octanol–water partition coefficient (Wildman–Crippen LogP) is 3.40. The van der Waals surface area contributed by atoms with Gasteiger partial charge in [-0.15, -0.1) is 0 Å². The molecule has 2 aromatic rings. The second kappa shape index (κ2) is 5.98. The maximum Gasteiger partial charge on any atom is 0.410 e. The summed E-state index contributed by atoms with van der Waals surface area (Å²) in [7, 11) is 0. The maximum absolute atomic E-state index is 12.3. The van der Waals surface area contributed by atoms with Gasteiger partial charge in [0.25, 0.3) is 0 Å². The topological polar surface area (TPSA) is 58.6 Å². The van der Waals surface area contributed by atoms with Crippen molar-refractivity contribution in [2.24, 2.45) is 0 Å². The van der Waals surface area contributed by atoms with Crippen molar-refractivity contribution in [1.29, 1.82) is 0 Å². The summed E-state index contributed by atoms with van der Waals surface area (Å²) in [5, 5.41) is 4.11. The molecule has 0 saturated carbocycles. The summed E-state index contributed by atoms with van der Waals surface area (Å²) in [5.41, 5.74) is 1.54. The van der Waals surface area contributed by atoms with Crippen LogP contribution in [0.4, 0.5) is 10.6 Å².